The molecule has 1 aliphatic carbocycles. The topological polar surface area (TPSA) is 50.7 Å². The monoisotopic (exact) mass is 313 g/mol. The van der Waals surface area contributed by atoms with Crippen LogP contribution in [0.15, 0.2) is 16.6 Å². The molecule has 1 atom stereocenters. The Hall–Kier alpha value is -0.780. The highest BCUT2D eigenvalue weighted by Crippen LogP contribution is 2.50. The predicted molar refractivity (Wildman–Crippen MR) is 70.9 cm³/mol. The van der Waals surface area contributed by atoms with Gasteiger partial charge in [-0.3, -0.25) is 0 Å². The fourth-order valence-electron chi connectivity index (χ4n) is 2.36. The maximum absolute atomic E-state index is 10.0. The molecule has 1 heterocycles. The van der Waals surface area contributed by atoms with E-state index in [9.17, 15) is 5.11 Å². The lowest BCUT2D eigenvalue weighted by atomic mass is 9.91. The third-order valence-corrected chi connectivity index (χ3v) is 4.21. The first-order chi connectivity index (χ1) is 8.63. The van der Waals surface area contributed by atoms with Gasteiger partial charge < -0.3 is 19.9 Å². The van der Waals surface area contributed by atoms with E-state index >= 15 is 0 Å². The molecule has 3 rings (SSSR count). The van der Waals surface area contributed by atoms with Crippen molar-refractivity contribution in [3.63, 3.8) is 0 Å². The van der Waals surface area contributed by atoms with Crippen molar-refractivity contribution in [3.05, 3.63) is 22.2 Å². The van der Waals surface area contributed by atoms with Gasteiger partial charge in [0.25, 0.3) is 5.79 Å². The fraction of sp³-hybridized carbons (Fsp3) is 0.538. The molecule has 0 saturated heterocycles. The average molecular weight is 314 g/mol. The summed E-state index contributed by atoms with van der Waals surface area (Å²) in [7, 11) is 1.81. The molecule has 98 valence electrons. The van der Waals surface area contributed by atoms with Crippen LogP contribution in [-0.4, -0.2) is 24.5 Å². The first kappa shape index (κ1) is 12.3. The van der Waals surface area contributed by atoms with Crippen LogP contribution in [0.5, 0.6) is 11.5 Å². The Kier molecular flexibility index (Phi) is 3.00. The minimum absolute atomic E-state index is 0.422. The number of benzene rings is 1. The first-order valence-corrected chi connectivity index (χ1v) is 6.97. The number of ether oxygens (including phenoxy) is 2. The molecule has 2 N–H and O–H groups in total. The lowest BCUT2D eigenvalue weighted by Gasteiger charge is -2.35. The van der Waals surface area contributed by atoms with Crippen LogP contribution in [0, 0.1) is 0 Å². The molecule has 1 unspecified atom stereocenters. The summed E-state index contributed by atoms with van der Waals surface area (Å²) in [6, 6.07) is 3.76. The molecule has 1 spiro atoms. The largest absolute Gasteiger partial charge is 0.448 e. The summed E-state index contributed by atoms with van der Waals surface area (Å²) in [6.45, 7) is 0.503. The van der Waals surface area contributed by atoms with Gasteiger partial charge in [0.05, 0.1) is 6.10 Å². The van der Waals surface area contributed by atoms with E-state index in [1.165, 1.54) is 0 Å². The molecule has 0 radical (unpaired) electrons. The van der Waals surface area contributed by atoms with Crippen LogP contribution in [0.1, 0.15) is 30.9 Å². The molecule has 0 bridgehead atoms. The molecule has 5 heteroatoms. The number of hydrogen-bond acceptors (Lipinski definition) is 4. The van der Waals surface area contributed by atoms with Crippen LogP contribution < -0.4 is 14.8 Å². The first-order valence-electron chi connectivity index (χ1n) is 6.18. The molecule has 2 aliphatic rings. The van der Waals surface area contributed by atoms with E-state index in [0.29, 0.717) is 6.54 Å². The van der Waals surface area contributed by atoms with E-state index in [4.69, 9.17) is 9.47 Å². The second-order valence-electron chi connectivity index (χ2n) is 4.86. The van der Waals surface area contributed by atoms with Crippen LogP contribution in [-0.2, 0) is 0 Å². The minimum Gasteiger partial charge on any atom is -0.448 e. The van der Waals surface area contributed by atoms with Crippen LogP contribution in [0.2, 0.25) is 0 Å². The highest BCUT2D eigenvalue weighted by atomic mass is 79.9. The summed E-state index contributed by atoms with van der Waals surface area (Å²) in [4.78, 5) is 0. The fourth-order valence-corrected chi connectivity index (χ4v) is 2.95. The van der Waals surface area contributed by atoms with Gasteiger partial charge in [-0.1, -0.05) is 15.9 Å². The molecule has 1 fully saturated rings. The van der Waals surface area contributed by atoms with Gasteiger partial charge in [-0.15, -0.1) is 0 Å². The molecule has 1 aromatic carbocycles. The second kappa shape index (κ2) is 4.40. The van der Waals surface area contributed by atoms with Crippen LogP contribution in [0.3, 0.4) is 0 Å². The van der Waals surface area contributed by atoms with Gasteiger partial charge in [0.1, 0.15) is 0 Å². The molecule has 18 heavy (non-hydrogen) atoms. The Morgan fingerprint density at radius 1 is 1.39 bits per heavy atom. The third kappa shape index (κ3) is 1.90. The van der Waals surface area contributed by atoms with Gasteiger partial charge in [0.15, 0.2) is 11.5 Å². The van der Waals surface area contributed by atoms with Gasteiger partial charge in [-0.05, 0) is 31.2 Å². The lowest BCUT2D eigenvalue weighted by Crippen LogP contribution is -2.45. The zero-order valence-corrected chi connectivity index (χ0v) is 11.8. The zero-order valence-electron chi connectivity index (χ0n) is 10.2. The van der Waals surface area contributed by atoms with Crippen molar-refractivity contribution in [2.75, 3.05) is 13.6 Å². The summed E-state index contributed by atoms with van der Waals surface area (Å²) >= 11 is 3.47. The van der Waals surface area contributed by atoms with Crippen LogP contribution >= 0.6 is 15.9 Å². The normalized spacial score (nSPS) is 20.8. The Balaban J connectivity index is 1.89. The smallest absolute Gasteiger partial charge is 0.251 e. The highest BCUT2D eigenvalue weighted by molar-refractivity contribution is 9.10. The van der Waals surface area contributed by atoms with Crippen molar-refractivity contribution < 1.29 is 14.6 Å². The van der Waals surface area contributed by atoms with Crippen molar-refractivity contribution in [2.24, 2.45) is 0 Å². The minimum atomic E-state index is -0.559. The number of hydrogen-bond donors (Lipinski definition) is 2. The number of aliphatic hydroxyl groups is 1. The average Bonchev–Trinajstić information content (AvgIpc) is 2.66. The molecule has 4 nitrogen and oxygen atoms in total. The van der Waals surface area contributed by atoms with Crippen LogP contribution in [0.25, 0.3) is 0 Å². The van der Waals surface area contributed by atoms with Gasteiger partial charge >= 0.3 is 0 Å². The molecule has 1 saturated carbocycles. The summed E-state index contributed by atoms with van der Waals surface area (Å²) in [5.41, 5.74) is 0.822. The van der Waals surface area contributed by atoms with E-state index < -0.39 is 11.9 Å². The quantitative estimate of drug-likeness (QED) is 0.899. The molecule has 1 aromatic rings. The van der Waals surface area contributed by atoms with E-state index in [1.807, 2.05) is 19.2 Å². The second-order valence-corrected chi connectivity index (χ2v) is 5.72. The number of nitrogens with one attached hydrogen (secondary N) is 1. The molecule has 0 amide bonds. The predicted octanol–water partition coefficient (Wildman–Crippen LogP) is 2.35. The maximum atomic E-state index is 10.0. The molecular weight excluding hydrogens is 298 g/mol. The van der Waals surface area contributed by atoms with Crippen molar-refractivity contribution in [1.29, 1.82) is 0 Å². The number of rotatable bonds is 3. The number of halogens is 1. The Morgan fingerprint density at radius 3 is 2.61 bits per heavy atom. The van der Waals surface area contributed by atoms with Gasteiger partial charge in [0.2, 0.25) is 0 Å². The van der Waals surface area contributed by atoms with E-state index in [1.54, 1.807) is 0 Å². The Morgan fingerprint density at radius 2 is 2.06 bits per heavy atom. The van der Waals surface area contributed by atoms with Crippen molar-refractivity contribution in [2.45, 2.75) is 31.2 Å². The summed E-state index contributed by atoms with van der Waals surface area (Å²) in [5.74, 6) is 1.08. The van der Waals surface area contributed by atoms with E-state index in [2.05, 4.69) is 21.2 Å². The molecular formula is C13H16BrNO3. The number of aliphatic hydroxyl groups excluding tert-OH is 1. The standard InChI is InChI=1S/C13H16BrNO3/c1-15-7-10(16)8-5-11-12(6-9(8)14)18-13(17-11)3-2-4-13/h5-6,10,15-16H,2-4,7H2,1H3. The maximum Gasteiger partial charge on any atom is 0.251 e. The lowest BCUT2D eigenvalue weighted by molar-refractivity contribution is -0.138. The van der Waals surface area contributed by atoms with Gasteiger partial charge in [0, 0.05) is 23.9 Å². The van der Waals surface area contributed by atoms with Crippen molar-refractivity contribution >= 4 is 15.9 Å². The summed E-state index contributed by atoms with van der Waals surface area (Å²) in [6.07, 6.45) is 2.46. The third-order valence-electron chi connectivity index (χ3n) is 3.53. The summed E-state index contributed by atoms with van der Waals surface area (Å²) in [5, 5.41) is 13.0. The number of likely N-dealkylation sites (N-methyl/N-ethyl adjacent to an activating group) is 1. The SMILES string of the molecule is CNCC(O)c1cc2c(cc1Br)OC1(CCC1)O2. The van der Waals surface area contributed by atoms with Gasteiger partial charge in [-0.2, -0.15) is 0 Å². The Bertz CT molecular complexity index is 474. The Labute approximate surface area is 114 Å². The van der Waals surface area contributed by atoms with Crippen molar-refractivity contribution in [3.8, 4) is 11.5 Å². The molecule has 0 aromatic heterocycles. The zero-order chi connectivity index (χ0) is 12.8. The van der Waals surface area contributed by atoms with Crippen LogP contribution in [0.4, 0.5) is 0 Å². The van der Waals surface area contributed by atoms with Gasteiger partial charge in [-0.25, -0.2) is 0 Å². The molecule has 1 aliphatic heterocycles. The number of fused-ring (bicyclic) bond motifs is 1. The van der Waals surface area contributed by atoms with E-state index in [-0.39, 0.29) is 0 Å². The highest BCUT2D eigenvalue weighted by Gasteiger charge is 2.47. The van der Waals surface area contributed by atoms with Crippen molar-refractivity contribution in [1.82, 2.24) is 5.32 Å². The van der Waals surface area contributed by atoms with E-state index in [0.717, 1.165) is 40.8 Å². The summed E-state index contributed by atoms with van der Waals surface area (Å²) < 4.78 is 12.6.